The van der Waals surface area contributed by atoms with Gasteiger partial charge in [-0.3, -0.25) is 4.90 Å². The normalized spacial score (nSPS) is 25.0. The van der Waals surface area contributed by atoms with Crippen LogP contribution in [0.15, 0.2) is 6.07 Å². The number of piperazine rings is 1. The van der Waals surface area contributed by atoms with Gasteiger partial charge in [0.25, 0.3) is 0 Å². The summed E-state index contributed by atoms with van der Waals surface area (Å²) in [4.78, 5) is 13.3. The minimum atomic E-state index is -0.782. The van der Waals surface area contributed by atoms with Crippen LogP contribution in [0.2, 0.25) is 0 Å². The Morgan fingerprint density at radius 1 is 1.17 bits per heavy atom. The van der Waals surface area contributed by atoms with E-state index < -0.39 is 11.6 Å². The highest BCUT2D eigenvalue weighted by molar-refractivity contribution is 5.96. The van der Waals surface area contributed by atoms with Gasteiger partial charge in [-0.05, 0) is 32.7 Å². The Balaban J connectivity index is 1.60. The molecule has 162 valence electrons. The molecule has 3 aliphatic rings. The SMILES string of the molecule is COc1c(F)cc(F)c2nc(OCC3(CO)CC3)nc(N3CC4CCC(C3)N4C)c12. The molecule has 1 saturated carbocycles. The molecule has 2 saturated heterocycles. The smallest absolute Gasteiger partial charge is 0.319 e. The number of halogens is 2. The first-order valence-electron chi connectivity index (χ1n) is 10.4. The fraction of sp³-hybridized carbons (Fsp3) is 0.619. The average Bonchev–Trinajstić information content (AvgIpc) is 3.49. The molecule has 2 unspecified atom stereocenters. The van der Waals surface area contributed by atoms with E-state index in [-0.39, 0.29) is 41.3 Å². The van der Waals surface area contributed by atoms with Crippen molar-refractivity contribution in [2.24, 2.45) is 5.41 Å². The van der Waals surface area contributed by atoms with E-state index >= 15 is 0 Å². The predicted octanol–water partition coefficient (Wildman–Crippen LogP) is 2.35. The molecule has 0 spiro atoms. The number of fused-ring (bicyclic) bond motifs is 3. The molecule has 2 bridgehead atoms. The quantitative estimate of drug-likeness (QED) is 0.769. The molecule has 3 heterocycles. The Morgan fingerprint density at radius 2 is 1.87 bits per heavy atom. The van der Waals surface area contributed by atoms with Crippen molar-refractivity contribution in [2.45, 2.75) is 37.8 Å². The van der Waals surface area contributed by atoms with Crippen LogP contribution in [0.5, 0.6) is 11.8 Å². The highest BCUT2D eigenvalue weighted by Gasteiger charge is 2.43. The molecule has 1 aromatic carbocycles. The van der Waals surface area contributed by atoms with Gasteiger partial charge in [-0.25, -0.2) is 8.78 Å². The number of rotatable bonds is 6. The molecule has 2 aromatic rings. The summed E-state index contributed by atoms with van der Waals surface area (Å²) in [7, 11) is 3.48. The number of aliphatic hydroxyl groups excluding tert-OH is 1. The van der Waals surface area contributed by atoms with Crippen molar-refractivity contribution in [1.82, 2.24) is 14.9 Å². The molecular weight excluding hydrogens is 394 g/mol. The zero-order valence-corrected chi connectivity index (χ0v) is 17.2. The summed E-state index contributed by atoms with van der Waals surface area (Å²) in [6, 6.07) is 1.56. The van der Waals surface area contributed by atoms with Crippen LogP contribution in [0.4, 0.5) is 14.6 Å². The summed E-state index contributed by atoms with van der Waals surface area (Å²) in [5.74, 6) is -1.19. The predicted molar refractivity (Wildman–Crippen MR) is 107 cm³/mol. The second-order valence-electron chi connectivity index (χ2n) is 8.83. The maximum Gasteiger partial charge on any atom is 0.319 e. The van der Waals surface area contributed by atoms with E-state index in [1.807, 2.05) is 0 Å². The van der Waals surface area contributed by atoms with Gasteiger partial charge in [0.05, 0.1) is 25.7 Å². The molecule has 1 aliphatic carbocycles. The molecule has 1 aromatic heterocycles. The molecule has 30 heavy (non-hydrogen) atoms. The maximum absolute atomic E-state index is 14.8. The number of hydrogen-bond acceptors (Lipinski definition) is 7. The summed E-state index contributed by atoms with van der Waals surface area (Å²) >= 11 is 0. The monoisotopic (exact) mass is 420 g/mol. The van der Waals surface area contributed by atoms with Crippen molar-refractivity contribution in [3.8, 4) is 11.8 Å². The molecule has 9 heteroatoms. The number of anilines is 1. The van der Waals surface area contributed by atoms with Gasteiger partial charge in [0.15, 0.2) is 17.4 Å². The van der Waals surface area contributed by atoms with Crippen LogP contribution in [0, 0.1) is 17.0 Å². The largest absolute Gasteiger partial charge is 0.493 e. The van der Waals surface area contributed by atoms with E-state index in [0.29, 0.717) is 31.0 Å². The van der Waals surface area contributed by atoms with Crippen LogP contribution in [0.25, 0.3) is 10.9 Å². The van der Waals surface area contributed by atoms with Gasteiger partial charge in [-0.15, -0.1) is 0 Å². The van der Waals surface area contributed by atoms with Crippen molar-refractivity contribution in [3.63, 3.8) is 0 Å². The minimum absolute atomic E-state index is 0.0200. The number of likely N-dealkylation sites (N-methyl/N-ethyl adjacent to an activating group) is 1. The summed E-state index contributed by atoms with van der Waals surface area (Å²) < 4.78 is 40.3. The van der Waals surface area contributed by atoms with E-state index in [1.165, 1.54) is 7.11 Å². The molecule has 0 radical (unpaired) electrons. The zero-order chi connectivity index (χ0) is 21.0. The van der Waals surface area contributed by atoms with Crippen LogP contribution < -0.4 is 14.4 Å². The molecular formula is C21H26F2N4O3. The second kappa shape index (κ2) is 7.16. The van der Waals surface area contributed by atoms with Crippen molar-refractivity contribution < 1.29 is 23.4 Å². The average molecular weight is 420 g/mol. The fourth-order valence-corrected chi connectivity index (χ4v) is 4.70. The van der Waals surface area contributed by atoms with E-state index in [1.54, 1.807) is 0 Å². The molecule has 1 N–H and O–H groups in total. The molecule has 0 amide bonds. The molecule has 5 rings (SSSR count). The van der Waals surface area contributed by atoms with Gasteiger partial charge in [0, 0.05) is 36.7 Å². The van der Waals surface area contributed by atoms with Crippen molar-refractivity contribution >= 4 is 16.7 Å². The number of nitrogens with zero attached hydrogens (tertiary/aromatic N) is 4. The lowest BCUT2D eigenvalue weighted by Crippen LogP contribution is -2.52. The van der Waals surface area contributed by atoms with Crippen LogP contribution in [-0.4, -0.2) is 72.5 Å². The summed E-state index contributed by atoms with van der Waals surface area (Å²) in [5, 5.41) is 9.78. The minimum Gasteiger partial charge on any atom is -0.493 e. The summed E-state index contributed by atoms with van der Waals surface area (Å²) in [6.07, 6.45) is 3.92. The number of methoxy groups -OCH3 is 1. The van der Waals surface area contributed by atoms with Gasteiger partial charge in [-0.2, -0.15) is 9.97 Å². The number of hydrogen-bond donors (Lipinski definition) is 1. The second-order valence-corrected chi connectivity index (χ2v) is 8.83. The first kappa shape index (κ1) is 19.7. The van der Waals surface area contributed by atoms with Crippen molar-refractivity contribution in [1.29, 1.82) is 0 Å². The van der Waals surface area contributed by atoms with Crippen molar-refractivity contribution in [3.05, 3.63) is 17.7 Å². The topological polar surface area (TPSA) is 70.9 Å². The maximum atomic E-state index is 14.8. The van der Waals surface area contributed by atoms with Gasteiger partial charge >= 0.3 is 6.01 Å². The molecule has 3 fully saturated rings. The van der Waals surface area contributed by atoms with Gasteiger partial charge < -0.3 is 19.5 Å². The molecule has 2 atom stereocenters. The highest BCUT2D eigenvalue weighted by Crippen LogP contribution is 2.45. The molecule has 7 nitrogen and oxygen atoms in total. The Morgan fingerprint density at radius 3 is 2.47 bits per heavy atom. The molecule has 2 aliphatic heterocycles. The zero-order valence-electron chi connectivity index (χ0n) is 17.2. The van der Waals surface area contributed by atoms with E-state index in [4.69, 9.17) is 9.47 Å². The standard InChI is InChI=1S/C21H26F2N4O3/c1-26-12-3-4-13(26)9-27(8-12)19-16-17(14(22)7-15(23)18(16)29-2)24-20(25-19)30-11-21(10-28)5-6-21/h7,12-13,28H,3-6,8-11H2,1-2H3. The van der Waals surface area contributed by atoms with E-state index in [9.17, 15) is 13.9 Å². The lowest BCUT2D eigenvalue weighted by Gasteiger charge is -2.39. The summed E-state index contributed by atoms with van der Waals surface area (Å²) in [6.45, 7) is 1.71. The van der Waals surface area contributed by atoms with Gasteiger partial charge in [0.1, 0.15) is 11.3 Å². The van der Waals surface area contributed by atoms with E-state index in [2.05, 4.69) is 26.8 Å². The first-order chi connectivity index (χ1) is 14.4. The summed E-state index contributed by atoms with van der Waals surface area (Å²) in [5.41, 5.74) is -0.279. The van der Waals surface area contributed by atoms with Crippen LogP contribution >= 0.6 is 0 Å². The van der Waals surface area contributed by atoms with Crippen LogP contribution in [0.3, 0.4) is 0 Å². The third-order valence-corrected chi connectivity index (χ3v) is 6.94. The van der Waals surface area contributed by atoms with Crippen molar-refractivity contribution in [2.75, 3.05) is 45.4 Å². The Hall–Kier alpha value is -2.26. The van der Waals surface area contributed by atoms with E-state index in [0.717, 1.165) is 31.7 Å². The number of aromatic nitrogens is 2. The lowest BCUT2D eigenvalue weighted by molar-refractivity contribution is 0.140. The Kier molecular flexibility index (Phi) is 4.70. The third kappa shape index (κ3) is 3.15. The lowest BCUT2D eigenvalue weighted by atomic mass is 10.1. The first-order valence-corrected chi connectivity index (χ1v) is 10.4. The fourth-order valence-electron chi connectivity index (χ4n) is 4.70. The Bertz CT molecular complexity index is 971. The number of aliphatic hydroxyl groups is 1. The highest BCUT2D eigenvalue weighted by atomic mass is 19.1. The van der Waals surface area contributed by atoms with Gasteiger partial charge in [-0.1, -0.05) is 0 Å². The van der Waals surface area contributed by atoms with Crippen LogP contribution in [0.1, 0.15) is 25.7 Å². The number of benzene rings is 1. The van der Waals surface area contributed by atoms with Gasteiger partial charge in [0.2, 0.25) is 0 Å². The Labute approximate surface area is 173 Å². The number of ether oxygens (including phenoxy) is 2. The third-order valence-electron chi connectivity index (χ3n) is 6.94. The van der Waals surface area contributed by atoms with Crippen LogP contribution in [-0.2, 0) is 0 Å².